The van der Waals surface area contributed by atoms with Gasteiger partial charge < -0.3 is 24.3 Å². The first-order valence-corrected chi connectivity index (χ1v) is 8.31. The van der Waals surface area contributed by atoms with Gasteiger partial charge in [-0.25, -0.2) is 0 Å². The van der Waals surface area contributed by atoms with Crippen LogP contribution >= 0.6 is 0 Å². The van der Waals surface area contributed by atoms with Gasteiger partial charge in [-0.1, -0.05) is 6.07 Å². The van der Waals surface area contributed by atoms with E-state index in [9.17, 15) is 24.5 Å². The van der Waals surface area contributed by atoms with Gasteiger partial charge in [-0.3, -0.25) is 24.5 Å². The van der Waals surface area contributed by atoms with Crippen molar-refractivity contribution >= 4 is 29.3 Å². The Labute approximate surface area is 160 Å². The average Bonchev–Trinajstić information content (AvgIpc) is 2.59. The van der Waals surface area contributed by atoms with Crippen molar-refractivity contribution < 1.29 is 38.3 Å². The van der Waals surface area contributed by atoms with Gasteiger partial charge in [-0.2, -0.15) is 0 Å². The Morgan fingerprint density at radius 1 is 1.07 bits per heavy atom. The minimum atomic E-state index is -1.17. The Kier molecular flexibility index (Phi) is 6.88. The molecule has 152 valence electrons. The van der Waals surface area contributed by atoms with E-state index in [0.29, 0.717) is 5.69 Å². The summed E-state index contributed by atoms with van der Waals surface area (Å²) in [5.41, 5.74) is 0.169. The first-order valence-electron chi connectivity index (χ1n) is 8.31. The molecule has 0 saturated carbocycles. The van der Waals surface area contributed by atoms with Gasteiger partial charge in [0.1, 0.15) is 0 Å². The Hall–Kier alpha value is -3.21. The van der Waals surface area contributed by atoms with Crippen LogP contribution in [0.25, 0.3) is 0 Å². The van der Waals surface area contributed by atoms with Crippen molar-refractivity contribution in [3.8, 4) is 0 Å². The number of carbonyl (C=O) groups excluding carboxylic acids is 3. The molecule has 1 aliphatic rings. The van der Waals surface area contributed by atoms with Crippen LogP contribution in [0, 0.1) is 10.1 Å². The molecule has 1 N–H and O–H groups in total. The lowest BCUT2D eigenvalue weighted by atomic mass is 10.0. The monoisotopic (exact) mass is 396 g/mol. The molecule has 0 aliphatic carbocycles. The molecule has 1 unspecified atom stereocenters. The fourth-order valence-corrected chi connectivity index (χ4v) is 2.74. The topological polar surface area (TPSA) is 143 Å². The number of hydrogen-bond donors (Lipinski definition) is 1. The van der Waals surface area contributed by atoms with Crippen molar-refractivity contribution in [1.29, 1.82) is 0 Å². The van der Waals surface area contributed by atoms with E-state index >= 15 is 0 Å². The van der Waals surface area contributed by atoms with Crippen LogP contribution in [-0.2, 0) is 33.3 Å². The maximum absolute atomic E-state index is 11.6. The molecule has 0 spiro atoms. The maximum atomic E-state index is 11.6. The van der Waals surface area contributed by atoms with Crippen molar-refractivity contribution in [2.24, 2.45) is 0 Å². The van der Waals surface area contributed by atoms with Gasteiger partial charge in [-0.05, 0) is 6.07 Å². The molecule has 1 heterocycles. The summed E-state index contributed by atoms with van der Waals surface area (Å²) in [6.45, 7) is 3.35. The molecule has 1 fully saturated rings. The molecule has 2 rings (SSSR count). The highest BCUT2D eigenvalue weighted by molar-refractivity contribution is 5.68. The van der Waals surface area contributed by atoms with E-state index in [1.165, 1.54) is 25.1 Å². The van der Waals surface area contributed by atoms with Gasteiger partial charge in [0, 0.05) is 38.6 Å². The lowest BCUT2D eigenvalue weighted by Gasteiger charge is -2.40. The molecule has 1 saturated heterocycles. The lowest BCUT2D eigenvalue weighted by molar-refractivity contribution is -0.384. The van der Waals surface area contributed by atoms with Gasteiger partial charge in [0.25, 0.3) is 5.69 Å². The summed E-state index contributed by atoms with van der Waals surface area (Å²) in [6, 6.07) is 5.61. The number of hydrogen-bond acceptors (Lipinski definition) is 10. The number of carbonyl (C=O) groups is 3. The highest BCUT2D eigenvalue weighted by Gasteiger charge is 2.47. The SMILES string of the molecule is CC(=O)O[C@H]1[C@H](OC(C)=O)COC(Nc2cccc([N+](=O)[O-])c2)[C@@H]1OC(C)=O. The number of benzene rings is 1. The molecular formula is C17H20N2O9. The zero-order chi connectivity index (χ0) is 20.8. The summed E-state index contributed by atoms with van der Waals surface area (Å²) in [5.74, 6) is -1.98. The van der Waals surface area contributed by atoms with Crippen molar-refractivity contribution in [2.45, 2.75) is 45.3 Å². The van der Waals surface area contributed by atoms with Crippen molar-refractivity contribution in [2.75, 3.05) is 11.9 Å². The van der Waals surface area contributed by atoms with Gasteiger partial charge in [0.2, 0.25) is 0 Å². The van der Waals surface area contributed by atoms with Gasteiger partial charge in [0.05, 0.1) is 11.5 Å². The second-order valence-corrected chi connectivity index (χ2v) is 6.00. The van der Waals surface area contributed by atoms with Crippen molar-refractivity contribution in [1.82, 2.24) is 0 Å². The van der Waals surface area contributed by atoms with Crippen LogP contribution in [0.1, 0.15) is 20.8 Å². The molecule has 0 radical (unpaired) electrons. The Morgan fingerprint density at radius 3 is 2.25 bits per heavy atom. The molecular weight excluding hydrogens is 376 g/mol. The third kappa shape index (κ3) is 5.64. The molecule has 0 amide bonds. The number of anilines is 1. The normalized spacial score (nSPS) is 24.0. The van der Waals surface area contributed by atoms with Crippen LogP contribution in [-0.4, -0.2) is 54.0 Å². The molecule has 0 bridgehead atoms. The molecule has 4 atom stereocenters. The quantitative estimate of drug-likeness (QED) is 0.322. The summed E-state index contributed by atoms with van der Waals surface area (Å²) in [7, 11) is 0. The standard InChI is InChI=1S/C17H20N2O9/c1-9(20)26-14-8-25-17(16(28-11(3)22)15(14)27-10(2)21)18-12-5-4-6-13(7-12)19(23)24/h4-7,14-18H,8H2,1-3H3/t14-,15+,16-,17?/m1/s1. The van der Waals surface area contributed by atoms with Crippen molar-refractivity contribution in [3.63, 3.8) is 0 Å². The Morgan fingerprint density at radius 2 is 1.68 bits per heavy atom. The Balaban J connectivity index is 2.30. The van der Waals surface area contributed by atoms with Gasteiger partial charge >= 0.3 is 17.9 Å². The fourth-order valence-electron chi connectivity index (χ4n) is 2.74. The zero-order valence-electron chi connectivity index (χ0n) is 15.4. The first kappa shape index (κ1) is 21.1. The number of nitrogens with one attached hydrogen (secondary N) is 1. The van der Waals surface area contributed by atoms with Gasteiger partial charge in [-0.15, -0.1) is 0 Å². The predicted molar refractivity (Wildman–Crippen MR) is 93.1 cm³/mol. The summed E-state index contributed by atoms with van der Waals surface area (Å²) >= 11 is 0. The number of rotatable bonds is 6. The summed E-state index contributed by atoms with van der Waals surface area (Å²) in [5, 5.41) is 13.8. The van der Waals surface area contributed by atoms with E-state index in [4.69, 9.17) is 18.9 Å². The average molecular weight is 396 g/mol. The number of non-ortho nitro benzene ring substituents is 1. The summed E-state index contributed by atoms with van der Waals surface area (Å²) in [4.78, 5) is 44.8. The Bertz CT molecular complexity index is 767. The fraction of sp³-hybridized carbons (Fsp3) is 0.471. The lowest BCUT2D eigenvalue weighted by Crippen LogP contribution is -2.59. The van der Waals surface area contributed by atoms with E-state index < -0.39 is 47.4 Å². The second kappa shape index (κ2) is 9.13. The van der Waals surface area contributed by atoms with E-state index in [1.807, 2.05) is 0 Å². The van der Waals surface area contributed by atoms with E-state index in [1.54, 1.807) is 6.07 Å². The van der Waals surface area contributed by atoms with E-state index in [2.05, 4.69) is 5.32 Å². The number of nitro groups is 1. The van der Waals surface area contributed by atoms with Crippen LogP contribution in [0.2, 0.25) is 0 Å². The van der Waals surface area contributed by atoms with Gasteiger partial charge in [0.15, 0.2) is 24.5 Å². The minimum Gasteiger partial charge on any atom is -0.456 e. The molecule has 1 aromatic carbocycles. The number of nitro benzene ring substituents is 1. The molecule has 1 aliphatic heterocycles. The highest BCUT2D eigenvalue weighted by atomic mass is 16.6. The summed E-state index contributed by atoms with van der Waals surface area (Å²) < 4.78 is 21.2. The largest absolute Gasteiger partial charge is 0.456 e. The zero-order valence-corrected chi connectivity index (χ0v) is 15.4. The highest BCUT2D eigenvalue weighted by Crippen LogP contribution is 2.27. The van der Waals surface area contributed by atoms with Crippen molar-refractivity contribution in [3.05, 3.63) is 34.4 Å². The predicted octanol–water partition coefficient (Wildman–Crippen LogP) is 1.16. The summed E-state index contributed by atoms with van der Waals surface area (Å²) in [6.07, 6.45) is -4.30. The number of esters is 3. The third-order valence-electron chi connectivity index (χ3n) is 3.72. The molecule has 28 heavy (non-hydrogen) atoms. The number of nitrogens with zero attached hydrogens (tertiary/aromatic N) is 1. The maximum Gasteiger partial charge on any atom is 0.303 e. The number of ether oxygens (including phenoxy) is 4. The smallest absolute Gasteiger partial charge is 0.303 e. The van der Waals surface area contributed by atoms with Crippen LogP contribution in [0.3, 0.4) is 0 Å². The molecule has 11 nitrogen and oxygen atoms in total. The van der Waals surface area contributed by atoms with Crippen LogP contribution in [0.15, 0.2) is 24.3 Å². The third-order valence-corrected chi connectivity index (χ3v) is 3.72. The van der Waals surface area contributed by atoms with Crippen LogP contribution in [0.5, 0.6) is 0 Å². The molecule has 0 aromatic heterocycles. The minimum absolute atomic E-state index is 0.151. The first-order chi connectivity index (χ1) is 13.2. The van der Waals surface area contributed by atoms with E-state index in [-0.39, 0.29) is 12.3 Å². The molecule has 11 heteroatoms. The second-order valence-electron chi connectivity index (χ2n) is 6.00. The van der Waals surface area contributed by atoms with E-state index in [0.717, 1.165) is 13.8 Å². The van der Waals surface area contributed by atoms with Crippen LogP contribution in [0.4, 0.5) is 11.4 Å². The molecule has 1 aromatic rings. The van der Waals surface area contributed by atoms with Crippen LogP contribution < -0.4 is 5.32 Å².